The lowest BCUT2D eigenvalue weighted by Gasteiger charge is -2.21. The fraction of sp³-hybridized carbons (Fsp3) is 1.00. The van der Waals surface area contributed by atoms with Crippen molar-refractivity contribution in [1.82, 2.24) is 10.2 Å². The van der Waals surface area contributed by atoms with Crippen LogP contribution in [0.2, 0.25) is 0 Å². The fourth-order valence-electron chi connectivity index (χ4n) is 2.46. The third kappa shape index (κ3) is 14.3. The molecule has 0 aromatic carbocycles. The van der Waals surface area contributed by atoms with Crippen molar-refractivity contribution >= 4 is 0 Å². The van der Waals surface area contributed by atoms with Crippen LogP contribution in [-0.4, -0.2) is 37.6 Å². The summed E-state index contributed by atoms with van der Waals surface area (Å²) in [7, 11) is 0. The smallest absolute Gasteiger partial charge is 0.00187 e. The van der Waals surface area contributed by atoms with E-state index in [9.17, 15) is 0 Å². The average molecular weight is 285 g/mol. The van der Waals surface area contributed by atoms with Crippen LogP contribution >= 0.6 is 0 Å². The fourth-order valence-corrected chi connectivity index (χ4v) is 2.46. The lowest BCUT2D eigenvalue weighted by atomic mass is 10.1. The predicted octanol–water partition coefficient (Wildman–Crippen LogP) is 4.84. The standard InChI is InChI=1S/C18H40N2/c1-4-7-14-19-15-12-10-11-13-18-20(16-8-5-2)17-9-6-3/h19H,4-18H2,1-3H3. The Morgan fingerprint density at radius 2 is 1.05 bits per heavy atom. The van der Waals surface area contributed by atoms with Gasteiger partial charge in [0.1, 0.15) is 0 Å². The highest BCUT2D eigenvalue weighted by Gasteiger charge is 2.03. The van der Waals surface area contributed by atoms with Crippen LogP contribution in [0.4, 0.5) is 0 Å². The summed E-state index contributed by atoms with van der Waals surface area (Å²) in [5.74, 6) is 0. The Morgan fingerprint density at radius 1 is 0.550 bits per heavy atom. The molecule has 2 nitrogen and oxygen atoms in total. The molecule has 0 rings (SSSR count). The molecule has 122 valence electrons. The average Bonchev–Trinajstić information content (AvgIpc) is 2.47. The van der Waals surface area contributed by atoms with E-state index in [1.54, 1.807) is 0 Å². The lowest BCUT2D eigenvalue weighted by Crippen LogP contribution is -2.27. The van der Waals surface area contributed by atoms with E-state index in [1.165, 1.54) is 96.9 Å². The van der Waals surface area contributed by atoms with Gasteiger partial charge in [0.2, 0.25) is 0 Å². The zero-order valence-electron chi connectivity index (χ0n) is 14.6. The molecule has 2 heteroatoms. The topological polar surface area (TPSA) is 15.3 Å². The van der Waals surface area contributed by atoms with Crippen LogP contribution in [0.3, 0.4) is 0 Å². The molecule has 0 aromatic rings. The maximum atomic E-state index is 3.53. The molecular formula is C18H40N2. The highest BCUT2D eigenvalue weighted by molar-refractivity contribution is 4.59. The van der Waals surface area contributed by atoms with Crippen LogP contribution in [0.25, 0.3) is 0 Å². The quantitative estimate of drug-likeness (QED) is 0.408. The van der Waals surface area contributed by atoms with E-state index in [0.29, 0.717) is 0 Å². The largest absolute Gasteiger partial charge is 0.317 e. The molecule has 0 spiro atoms. The third-order valence-electron chi connectivity index (χ3n) is 3.94. The number of hydrogen-bond acceptors (Lipinski definition) is 2. The van der Waals surface area contributed by atoms with Gasteiger partial charge in [0.05, 0.1) is 0 Å². The SMILES string of the molecule is CCCCNCCCCCCN(CCCC)CCCC. The summed E-state index contributed by atoms with van der Waals surface area (Å²) in [4.78, 5) is 2.69. The van der Waals surface area contributed by atoms with Crippen LogP contribution in [0, 0.1) is 0 Å². The first-order valence-corrected chi connectivity index (χ1v) is 9.28. The molecule has 0 unspecified atom stereocenters. The summed E-state index contributed by atoms with van der Waals surface area (Å²) >= 11 is 0. The molecule has 0 saturated carbocycles. The Kier molecular flexibility index (Phi) is 16.9. The molecule has 0 radical (unpaired) electrons. The monoisotopic (exact) mass is 284 g/mol. The molecule has 0 aromatic heterocycles. The van der Waals surface area contributed by atoms with Crippen LogP contribution in [-0.2, 0) is 0 Å². The summed E-state index contributed by atoms with van der Waals surface area (Å²) in [6.07, 6.45) is 13.6. The first kappa shape index (κ1) is 19.9. The minimum absolute atomic E-state index is 1.21. The Balaban J connectivity index is 3.38. The van der Waals surface area contributed by atoms with E-state index >= 15 is 0 Å². The Labute approximate surface area is 128 Å². The minimum Gasteiger partial charge on any atom is -0.317 e. The van der Waals surface area contributed by atoms with Gasteiger partial charge in [0.15, 0.2) is 0 Å². The predicted molar refractivity (Wildman–Crippen MR) is 92.5 cm³/mol. The number of hydrogen-bond donors (Lipinski definition) is 1. The first-order chi connectivity index (χ1) is 9.85. The van der Waals surface area contributed by atoms with Gasteiger partial charge in [-0.3, -0.25) is 0 Å². The van der Waals surface area contributed by atoms with Crippen LogP contribution in [0.15, 0.2) is 0 Å². The second kappa shape index (κ2) is 17.0. The maximum absolute atomic E-state index is 3.53. The Hall–Kier alpha value is -0.0800. The summed E-state index contributed by atoms with van der Waals surface area (Å²) in [5.41, 5.74) is 0. The molecule has 0 aliphatic rings. The Bertz CT molecular complexity index is 163. The van der Waals surface area contributed by atoms with Crippen molar-refractivity contribution in [3.8, 4) is 0 Å². The molecular weight excluding hydrogens is 244 g/mol. The van der Waals surface area contributed by atoms with E-state index in [1.807, 2.05) is 0 Å². The zero-order chi connectivity index (χ0) is 14.9. The van der Waals surface area contributed by atoms with Gasteiger partial charge in [-0.25, -0.2) is 0 Å². The summed E-state index contributed by atoms with van der Waals surface area (Å²) in [5, 5.41) is 3.53. The van der Waals surface area contributed by atoms with Crippen molar-refractivity contribution in [2.45, 2.75) is 85.0 Å². The molecule has 0 bridgehead atoms. The normalized spacial score (nSPS) is 11.4. The number of nitrogens with zero attached hydrogens (tertiary/aromatic N) is 1. The van der Waals surface area contributed by atoms with E-state index in [4.69, 9.17) is 0 Å². The van der Waals surface area contributed by atoms with Crippen LogP contribution in [0.1, 0.15) is 85.0 Å². The van der Waals surface area contributed by atoms with Gasteiger partial charge in [0, 0.05) is 0 Å². The number of unbranched alkanes of at least 4 members (excludes halogenated alkanes) is 6. The van der Waals surface area contributed by atoms with Gasteiger partial charge < -0.3 is 10.2 Å². The molecule has 0 amide bonds. The highest BCUT2D eigenvalue weighted by atomic mass is 15.1. The summed E-state index contributed by atoms with van der Waals surface area (Å²) < 4.78 is 0. The van der Waals surface area contributed by atoms with Crippen LogP contribution < -0.4 is 5.32 Å². The van der Waals surface area contributed by atoms with Gasteiger partial charge in [-0.05, 0) is 64.8 Å². The molecule has 0 atom stereocenters. The van der Waals surface area contributed by atoms with Crippen LogP contribution in [0.5, 0.6) is 0 Å². The zero-order valence-corrected chi connectivity index (χ0v) is 14.6. The van der Waals surface area contributed by atoms with Gasteiger partial charge in [-0.15, -0.1) is 0 Å². The second-order valence-electron chi connectivity index (χ2n) is 6.07. The van der Waals surface area contributed by atoms with E-state index < -0.39 is 0 Å². The molecule has 0 heterocycles. The van der Waals surface area contributed by atoms with Gasteiger partial charge in [-0.2, -0.15) is 0 Å². The molecule has 0 aliphatic heterocycles. The van der Waals surface area contributed by atoms with E-state index in [0.717, 1.165) is 0 Å². The number of nitrogens with one attached hydrogen (secondary N) is 1. The van der Waals surface area contributed by atoms with Crippen molar-refractivity contribution in [3.05, 3.63) is 0 Å². The molecule has 1 N–H and O–H groups in total. The minimum atomic E-state index is 1.21. The van der Waals surface area contributed by atoms with Crippen molar-refractivity contribution in [2.75, 3.05) is 32.7 Å². The van der Waals surface area contributed by atoms with Crippen molar-refractivity contribution in [2.24, 2.45) is 0 Å². The highest BCUT2D eigenvalue weighted by Crippen LogP contribution is 2.05. The maximum Gasteiger partial charge on any atom is -0.00187 e. The van der Waals surface area contributed by atoms with Gasteiger partial charge in [0.25, 0.3) is 0 Å². The van der Waals surface area contributed by atoms with Crippen molar-refractivity contribution < 1.29 is 0 Å². The van der Waals surface area contributed by atoms with E-state index in [2.05, 4.69) is 31.0 Å². The van der Waals surface area contributed by atoms with Gasteiger partial charge in [-0.1, -0.05) is 52.9 Å². The Morgan fingerprint density at radius 3 is 1.65 bits per heavy atom. The molecule has 0 aliphatic carbocycles. The first-order valence-electron chi connectivity index (χ1n) is 9.28. The molecule has 0 saturated heterocycles. The van der Waals surface area contributed by atoms with Crippen molar-refractivity contribution in [3.63, 3.8) is 0 Å². The third-order valence-corrected chi connectivity index (χ3v) is 3.94. The summed E-state index contributed by atoms with van der Waals surface area (Å²) in [6.45, 7) is 13.2. The number of rotatable bonds is 16. The second-order valence-corrected chi connectivity index (χ2v) is 6.07. The van der Waals surface area contributed by atoms with E-state index in [-0.39, 0.29) is 0 Å². The molecule has 0 fully saturated rings. The molecule has 20 heavy (non-hydrogen) atoms. The summed E-state index contributed by atoms with van der Waals surface area (Å²) in [6, 6.07) is 0. The van der Waals surface area contributed by atoms with Gasteiger partial charge >= 0.3 is 0 Å². The lowest BCUT2D eigenvalue weighted by molar-refractivity contribution is 0.259. The van der Waals surface area contributed by atoms with Crippen molar-refractivity contribution in [1.29, 1.82) is 0 Å².